The van der Waals surface area contributed by atoms with Gasteiger partial charge in [-0.05, 0) is 23.1 Å². The molecule has 0 aliphatic heterocycles. The lowest BCUT2D eigenvalue weighted by Gasteiger charge is -2.10. The average molecular weight is 292 g/mol. The summed E-state index contributed by atoms with van der Waals surface area (Å²) >= 11 is 0. The molecule has 0 fully saturated rings. The van der Waals surface area contributed by atoms with Gasteiger partial charge in [0.2, 0.25) is 0 Å². The maximum Gasteiger partial charge on any atom is 0.104 e. The van der Waals surface area contributed by atoms with Crippen LogP contribution in [0.4, 0.5) is 0 Å². The Morgan fingerprint density at radius 2 is 1.32 bits per heavy atom. The van der Waals surface area contributed by atoms with Crippen molar-refractivity contribution in [2.24, 2.45) is 0 Å². The molecule has 0 radical (unpaired) electrons. The van der Waals surface area contributed by atoms with Crippen LogP contribution in [-0.2, 0) is 12.8 Å². The van der Waals surface area contributed by atoms with Gasteiger partial charge in [-0.3, -0.25) is 0 Å². The van der Waals surface area contributed by atoms with Crippen molar-refractivity contribution in [2.75, 3.05) is 13.2 Å². The van der Waals surface area contributed by atoms with Crippen LogP contribution in [0.15, 0.2) is 71.8 Å². The van der Waals surface area contributed by atoms with Crippen LogP contribution in [-0.4, -0.2) is 23.4 Å². The summed E-state index contributed by atoms with van der Waals surface area (Å²) in [6.45, 7) is -0.209. The minimum atomic E-state index is -0.178. The van der Waals surface area contributed by atoms with Crippen LogP contribution in [0.2, 0.25) is 0 Å². The third-order valence-electron chi connectivity index (χ3n) is 3.42. The maximum absolute atomic E-state index is 9.75. The van der Waals surface area contributed by atoms with Gasteiger partial charge in [-0.1, -0.05) is 72.5 Å². The predicted octanol–water partition coefficient (Wildman–Crippen LogP) is 2.76. The molecular weight excluding hydrogens is 272 g/mol. The summed E-state index contributed by atoms with van der Waals surface area (Å²) in [5, 5.41) is 18.7. The first-order chi connectivity index (χ1) is 10.8. The van der Waals surface area contributed by atoms with Crippen molar-refractivity contribution in [3.05, 3.63) is 82.9 Å². The van der Waals surface area contributed by atoms with E-state index < -0.39 is 0 Å². The molecule has 0 heterocycles. The van der Waals surface area contributed by atoms with Crippen molar-refractivity contribution in [1.29, 1.82) is 0 Å². The molecule has 0 saturated heterocycles. The van der Waals surface area contributed by atoms with E-state index in [2.05, 4.69) is 11.8 Å². The number of aliphatic hydroxyl groups excluding tert-OH is 2. The SMILES string of the molecule is OCC#CC(Cc1ccccc1)=C(CO)Cc1ccccc1. The first-order valence-corrected chi connectivity index (χ1v) is 7.33. The van der Waals surface area contributed by atoms with E-state index >= 15 is 0 Å². The summed E-state index contributed by atoms with van der Waals surface area (Å²) in [5.41, 5.74) is 4.06. The maximum atomic E-state index is 9.75. The molecule has 0 amide bonds. The molecule has 2 rings (SSSR count). The summed E-state index contributed by atoms with van der Waals surface area (Å²) in [6.07, 6.45) is 1.33. The third kappa shape index (κ3) is 4.89. The summed E-state index contributed by atoms with van der Waals surface area (Å²) in [4.78, 5) is 0. The molecule has 0 spiro atoms. The van der Waals surface area contributed by atoms with Gasteiger partial charge in [0.15, 0.2) is 0 Å². The van der Waals surface area contributed by atoms with Gasteiger partial charge in [-0.25, -0.2) is 0 Å². The lowest BCUT2D eigenvalue weighted by atomic mass is 9.96. The highest BCUT2D eigenvalue weighted by Gasteiger charge is 2.07. The summed E-state index contributed by atoms with van der Waals surface area (Å²) in [5.74, 6) is 5.71. The molecule has 112 valence electrons. The molecule has 0 aliphatic rings. The zero-order valence-electron chi connectivity index (χ0n) is 12.5. The highest BCUT2D eigenvalue weighted by molar-refractivity contribution is 5.40. The van der Waals surface area contributed by atoms with Crippen LogP contribution in [0.25, 0.3) is 0 Å². The normalized spacial score (nSPS) is 11.4. The fourth-order valence-electron chi connectivity index (χ4n) is 2.30. The molecule has 0 aliphatic carbocycles. The second-order valence-electron chi connectivity index (χ2n) is 5.02. The van der Waals surface area contributed by atoms with Gasteiger partial charge in [0.1, 0.15) is 6.61 Å². The van der Waals surface area contributed by atoms with Crippen molar-refractivity contribution in [3.8, 4) is 11.8 Å². The van der Waals surface area contributed by atoms with Crippen molar-refractivity contribution in [1.82, 2.24) is 0 Å². The van der Waals surface area contributed by atoms with Crippen LogP contribution in [0.5, 0.6) is 0 Å². The summed E-state index contributed by atoms with van der Waals surface area (Å²) in [6, 6.07) is 20.1. The molecule has 0 aromatic heterocycles. The zero-order chi connectivity index (χ0) is 15.6. The van der Waals surface area contributed by atoms with Gasteiger partial charge in [0, 0.05) is 12.0 Å². The molecule has 2 N–H and O–H groups in total. The van der Waals surface area contributed by atoms with Crippen molar-refractivity contribution in [3.63, 3.8) is 0 Å². The van der Waals surface area contributed by atoms with Crippen LogP contribution in [0.1, 0.15) is 11.1 Å². The Morgan fingerprint density at radius 3 is 1.82 bits per heavy atom. The Hall–Kier alpha value is -2.34. The van der Waals surface area contributed by atoms with E-state index in [0.29, 0.717) is 12.8 Å². The molecule has 0 unspecified atom stereocenters. The van der Waals surface area contributed by atoms with E-state index in [-0.39, 0.29) is 13.2 Å². The van der Waals surface area contributed by atoms with Crippen molar-refractivity contribution < 1.29 is 10.2 Å². The van der Waals surface area contributed by atoms with Crippen molar-refractivity contribution in [2.45, 2.75) is 12.8 Å². The Balaban J connectivity index is 2.30. The predicted molar refractivity (Wildman–Crippen MR) is 89.3 cm³/mol. The number of benzene rings is 2. The van der Waals surface area contributed by atoms with E-state index in [4.69, 9.17) is 5.11 Å². The highest BCUT2D eigenvalue weighted by atomic mass is 16.3. The smallest absolute Gasteiger partial charge is 0.104 e. The summed E-state index contributed by atoms with van der Waals surface area (Å²) < 4.78 is 0. The van der Waals surface area contributed by atoms with E-state index in [9.17, 15) is 5.11 Å². The molecule has 0 saturated carbocycles. The van der Waals surface area contributed by atoms with Gasteiger partial charge < -0.3 is 10.2 Å². The lowest BCUT2D eigenvalue weighted by Crippen LogP contribution is -2.03. The third-order valence-corrected chi connectivity index (χ3v) is 3.42. The van der Waals surface area contributed by atoms with E-state index in [1.807, 2.05) is 60.7 Å². The Kier molecular flexibility index (Phi) is 6.44. The number of aliphatic hydroxyl groups is 2. The molecular formula is C20H20O2. The molecule has 2 aromatic rings. The van der Waals surface area contributed by atoms with Crippen LogP contribution < -0.4 is 0 Å². The number of hydrogen-bond donors (Lipinski definition) is 2. The van der Waals surface area contributed by atoms with Gasteiger partial charge in [0.25, 0.3) is 0 Å². The molecule has 0 atom stereocenters. The number of allylic oxidation sites excluding steroid dienone is 1. The van der Waals surface area contributed by atoms with E-state index in [1.165, 1.54) is 0 Å². The van der Waals surface area contributed by atoms with Gasteiger partial charge in [-0.15, -0.1) is 0 Å². The topological polar surface area (TPSA) is 40.5 Å². The molecule has 2 heteroatoms. The summed E-state index contributed by atoms with van der Waals surface area (Å²) in [7, 11) is 0. The molecule has 2 nitrogen and oxygen atoms in total. The van der Waals surface area contributed by atoms with Gasteiger partial charge >= 0.3 is 0 Å². The minimum absolute atomic E-state index is 0.0306. The first-order valence-electron chi connectivity index (χ1n) is 7.33. The van der Waals surface area contributed by atoms with Gasteiger partial charge in [0.05, 0.1) is 6.61 Å². The zero-order valence-corrected chi connectivity index (χ0v) is 12.5. The fourth-order valence-corrected chi connectivity index (χ4v) is 2.30. The molecule has 2 aromatic carbocycles. The second kappa shape index (κ2) is 8.84. The van der Waals surface area contributed by atoms with E-state index in [0.717, 1.165) is 22.3 Å². The monoisotopic (exact) mass is 292 g/mol. The highest BCUT2D eigenvalue weighted by Crippen LogP contribution is 2.16. The lowest BCUT2D eigenvalue weighted by molar-refractivity contribution is 0.327. The van der Waals surface area contributed by atoms with Crippen molar-refractivity contribution >= 4 is 0 Å². The number of rotatable bonds is 5. The second-order valence-corrected chi connectivity index (χ2v) is 5.02. The Labute approximate surface area is 131 Å². The van der Waals surface area contributed by atoms with Crippen LogP contribution in [0.3, 0.4) is 0 Å². The largest absolute Gasteiger partial charge is 0.392 e. The van der Waals surface area contributed by atoms with Gasteiger partial charge in [-0.2, -0.15) is 0 Å². The fraction of sp³-hybridized carbons (Fsp3) is 0.200. The van der Waals surface area contributed by atoms with E-state index in [1.54, 1.807) is 0 Å². The van der Waals surface area contributed by atoms with Crippen LogP contribution in [0, 0.1) is 11.8 Å². The average Bonchev–Trinajstić information content (AvgIpc) is 2.58. The molecule has 22 heavy (non-hydrogen) atoms. The Morgan fingerprint density at radius 1 is 0.773 bits per heavy atom. The quantitative estimate of drug-likeness (QED) is 0.832. The Bertz CT molecular complexity index is 661. The standard InChI is InChI=1S/C20H20O2/c21-13-7-12-19(14-17-8-3-1-4-9-17)20(16-22)15-18-10-5-2-6-11-18/h1-6,8-11,21-22H,13-16H2. The first kappa shape index (κ1) is 16.0. The minimum Gasteiger partial charge on any atom is -0.392 e. The number of hydrogen-bond acceptors (Lipinski definition) is 2. The van der Waals surface area contributed by atoms with Crippen LogP contribution >= 0.6 is 0 Å². The molecule has 0 bridgehead atoms.